The van der Waals surface area contributed by atoms with Crippen LogP contribution in [0.15, 0.2) is 0 Å². The highest BCUT2D eigenvalue weighted by Crippen LogP contribution is 2.33. The Labute approximate surface area is 124 Å². The van der Waals surface area contributed by atoms with E-state index in [1.165, 1.54) is 11.3 Å². The molecule has 0 aromatic carbocycles. The van der Waals surface area contributed by atoms with Gasteiger partial charge in [-0.05, 0) is 12.3 Å². The van der Waals surface area contributed by atoms with Gasteiger partial charge in [0, 0.05) is 26.2 Å². The normalized spacial score (nSPS) is 18.4. The molecule has 6 heteroatoms. The van der Waals surface area contributed by atoms with Gasteiger partial charge < -0.3 is 10.4 Å². The fourth-order valence-electron chi connectivity index (χ4n) is 2.62. The van der Waals surface area contributed by atoms with E-state index >= 15 is 0 Å². The molecule has 0 amide bonds. The van der Waals surface area contributed by atoms with E-state index in [0.717, 1.165) is 43.3 Å². The summed E-state index contributed by atoms with van der Waals surface area (Å²) in [7, 11) is 0. The SMILES string of the molecule is CCC(c1nc(C(C)C)c(C(=O)O)s1)N1CCNCC1. The predicted molar refractivity (Wildman–Crippen MR) is 80.6 cm³/mol. The first kappa shape index (κ1) is 15.4. The van der Waals surface area contributed by atoms with Crippen molar-refractivity contribution in [1.29, 1.82) is 0 Å². The van der Waals surface area contributed by atoms with E-state index in [1.807, 2.05) is 13.8 Å². The highest BCUT2D eigenvalue weighted by Gasteiger charge is 2.27. The van der Waals surface area contributed by atoms with Crippen LogP contribution in [0.5, 0.6) is 0 Å². The molecule has 2 heterocycles. The van der Waals surface area contributed by atoms with E-state index in [1.54, 1.807) is 0 Å². The van der Waals surface area contributed by atoms with Crippen molar-refractivity contribution < 1.29 is 9.90 Å². The first-order valence-corrected chi connectivity index (χ1v) is 8.04. The number of piperazine rings is 1. The Morgan fingerprint density at radius 3 is 2.55 bits per heavy atom. The van der Waals surface area contributed by atoms with Gasteiger partial charge >= 0.3 is 5.97 Å². The number of carbonyl (C=O) groups is 1. The number of nitrogens with zero attached hydrogens (tertiary/aromatic N) is 2. The Morgan fingerprint density at radius 1 is 1.45 bits per heavy atom. The highest BCUT2D eigenvalue weighted by molar-refractivity contribution is 7.13. The molecule has 1 unspecified atom stereocenters. The first-order valence-electron chi connectivity index (χ1n) is 7.23. The number of aromatic nitrogens is 1. The highest BCUT2D eigenvalue weighted by atomic mass is 32.1. The van der Waals surface area contributed by atoms with Crippen LogP contribution < -0.4 is 5.32 Å². The minimum absolute atomic E-state index is 0.145. The molecule has 5 nitrogen and oxygen atoms in total. The lowest BCUT2D eigenvalue weighted by Crippen LogP contribution is -2.45. The summed E-state index contributed by atoms with van der Waals surface area (Å²) in [6.45, 7) is 10.1. The predicted octanol–water partition coefficient (Wildman–Crippen LogP) is 2.32. The molecule has 1 aromatic heterocycles. The van der Waals surface area contributed by atoms with Gasteiger partial charge in [0.2, 0.25) is 0 Å². The lowest BCUT2D eigenvalue weighted by atomic mass is 10.1. The molecule has 2 N–H and O–H groups in total. The largest absolute Gasteiger partial charge is 0.477 e. The summed E-state index contributed by atoms with van der Waals surface area (Å²) in [6.07, 6.45) is 0.962. The Balaban J connectivity index is 2.29. The Kier molecular flexibility index (Phi) is 5.12. The van der Waals surface area contributed by atoms with Gasteiger partial charge in [-0.25, -0.2) is 9.78 Å². The van der Waals surface area contributed by atoms with Crippen LogP contribution in [-0.4, -0.2) is 47.1 Å². The number of aromatic carboxylic acids is 1. The zero-order chi connectivity index (χ0) is 14.7. The third-order valence-electron chi connectivity index (χ3n) is 3.68. The molecule has 0 radical (unpaired) electrons. The number of thiazole rings is 1. The fraction of sp³-hybridized carbons (Fsp3) is 0.714. The van der Waals surface area contributed by atoms with Crippen molar-refractivity contribution in [2.75, 3.05) is 26.2 Å². The van der Waals surface area contributed by atoms with Crippen LogP contribution >= 0.6 is 11.3 Å². The van der Waals surface area contributed by atoms with Gasteiger partial charge in [0.15, 0.2) is 0 Å². The summed E-state index contributed by atoms with van der Waals surface area (Å²) in [5.41, 5.74) is 0.728. The lowest BCUT2D eigenvalue weighted by molar-refractivity contribution is 0.0700. The van der Waals surface area contributed by atoms with Gasteiger partial charge in [-0.2, -0.15) is 0 Å². The van der Waals surface area contributed by atoms with Crippen molar-refractivity contribution >= 4 is 17.3 Å². The van der Waals surface area contributed by atoms with E-state index in [2.05, 4.69) is 22.1 Å². The second kappa shape index (κ2) is 6.65. The summed E-state index contributed by atoms with van der Waals surface area (Å²) < 4.78 is 0. The van der Waals surface area contributed by atoms with E-state index in [4.69, 9.17) is 0 Å². The van der Waals surface area contributed by atoms with Crippen LogP contribution in [0.25, 0.3) is 0 Å². The van der Waals surface area contributed by atoms with Crippen molar-refractivity contribution in [2.45, 2.75) is 39.2 Å². The maximum atomic E-state index is 11.4. The van der Waals surface area contributed by atoms with Crippen LogP contribution in [0.2, 0.25) is 0 Å². The standard InChI is InChI=1S/C14H23N3O2S/c1-4-10(17-7-5-15-6-8-17)13-16-11(9(2)3)12(20-13)14(18)19/h9-10,15H,4-8H2,1-3H3,(H,18,19). The Hall–Kier alpha value is -0.980. The van der Waals surface area contributed by atoms with Crippen molar-refractivity contribution in [3.63, 3.8) is 0 Å². The van der Waals surface area contributed by atoms with E-state index in [9.17, 15) is 9.90 Å². The van der Waals surface area contributed by atoms with Crippen LogP contribution in [0.4, 0.5) is 0 Å². The van der Waals surface area contributed by atoms with E-state index < -0.39 is 5.97 Å². The zero-order valence-corrected chi connectivity index (χ0v) is 13.2. The molecular formula is C14H23N3O2S. The second-order valence-electron chi connectivity index (χ2n) is 5.44. The van der Waals surface area contributed by atoms with Gasteiger partial charge in [-0.15, -0.1) is 11.3 Å². The van der Waals surface area contributed by atoms with Gasteiger partial charge in [0.25, 0.3) is 0 Å². The molecule has 2 rings (SSSR count). The van der Waals surface area contributed by atoms with Crippen LogP contribution in [0.1, 0.15) is 59.5 Å². The lowest BCUT2D eigenvalue weighted by Gasteiger charge is -2.33. The van der Waals surface area contributed by atoms with Gasteiger partial charge in [-0.1, -0.05) is 20.8 Å². The minimum Gasteiger partial charge on any atom is -0.477 e. The molecular weight excluding hydrogens is 274 g/mol. The number of nitrogens with one attached hydrogen (secondary N) is 1. The maximum absolute atomic E-state index is 11.4. The fourth-order valence-corrected chi connectivity index (χ4v) is 3.90. The number of carboxylic acids is 1. The number of hydrogen-bond donors (Lipinski definition) is 2. The quantitative estimate of drug-likeness (QED) is 0.873. The average molecular weight is 297 g/mol. The van der Waals surface area contributed by atoms with Crippen molar-refractivity contribution in [3.8, 4) is 0 Å². The maximum Gasteiger partial charge on any atom is 0.347 e. The van der Waals surface area contributed by atoms with Crippen molar-refractivity contribution in [3.05, 3.63) is 15.6 Å². The molecule has 1 aliphatic heterocycles. The van der Waals surface area contributed by atoms with Gasteiger partial charge in [0.05, 0.1) is 11.7 Å². The number of rotatable bonds is 5. The first-order chi connectivity index (χ1) is 9.54. The number of hydrogen-bond acceptors (Lipinski definition) is 5. The molecule has 0 spiro atoms. The molecule has 1 aliphatic rings. The summed E-state index contributed by atoms with van der Waals surface area (Å²) in [5, 5.41) is 13.6. The van der Waals surface area contributed by atoms with Crippen LogP contribution in [0, 0.1) is 0 Å². The average Bonchev–Trinajstić information content (AvgIpc) is 2.86. The minimum atomic E-state index is -0.854. The van der Waals surface area contributed by atoms with Gasteiger partial charge in [-0.3, -0.25) is 4.90 Å². The molecule has 1 fully saturated rings. The third kappa shape index (κ3) is 3.19. The topological polar surface area (TPSA) is 65.5 Å². The van der Waals surface area contributed by atoms with Gasteiger partial charge in [0.1, 0.15) is 9.88 Å². The summed E-state index contributed by atoms with van der Waals surface area (Å²) in [4.78, 5) is 18.8. The summed E-state index contributed by atoms with van der Waals surface area (Å²) in [6, 6.07) is 0.243. The van der Waals surface area contributed by atoms with Crippen LogP contribution in [-0.2, 0) is 0 Å². The van der Waals surface area contributed by atoms with E-state index in [0.29, 0.717) is 4.88 Å². The summed E-state index contributed by atoms with van der Waals surface area (Å²) in [5.74, 6) is -0.709. The molecule has 0 bridgehead atoms. The monoisotopic (exact) mass is 297 g/mol. The van der Waals surface area contributed by atoms with E-state index in [-0.39, 0.29) is 12.0 Å². The van der Waals surface area contributed by atoms with Crippen molar-refractivity contribution in [1.82, 2.24) is 15.2 Å². The molecule has 112 valence electrons. The molecule has 1 atom stereocenters. The summed E-state index contributed by atoms with van der Waals surface area (Å²) >= 11 is 1.35. The molecule has 0 aliphatic carbocycles. The van der Waals surface area contributed by atoms with Crippen LogP contribution in [0.3, 0.4) is 0 Å². The molecule has 1 saturated heterocycles. The molecule has 20 heavy (non-hydrogen) atoms. The molecule has 1 aromatic rings. The Bertz CT molecular complexity index is 467. The zero-order valence-electron chi connectivity index (χ0n) is 12.3. The smallest absolute Gasteiger partial charge is 0.347 e. The number of carboxylic acid groups (broad SMARTS) is 1. The second-order valence-corrected chi connectivity index (χ2v) is 6.47. The third-order valence-corrected chi connectivity index (χ3v) is 4.84. The Morgan fingerprint density at radius 2 is 2.10 bits per heavy atom. The van der Waals surface area contributed by atoms with Crippen molar-refractivity contribution in [2.24, 2.45) is 0 Å². The molecule has 0 saturated carbocycles.